The quantitative estimate of drug-likeness (QED) is 0.0877. The van der Waals surface area contributed by atoms with Crippen LogP contribution >= 0.6 is 0 Å². The number of hydrogen-bond acceptors (Lipinski definition) is 1. The first kappa shape index (κ1) is 48.5. The molecular weight excluding hydrogens is 929 g/mol. The van der Waals surface area contributed by atoms with Crippen LogP contribution < -0.4 is 0 Å². The Morgan fingerprint density at radius 1 is 0.130 bits per heavy atom. The van der Waals surface area contributed by atoms with Crippen molar-refractivity contribution in [2.24, 2.45) is 0 Å². The second-order valence-electron chi connectivity index (χ2n) is 19.8. The summed E-state index contributed by atoms with van der Waals surface area (Å²) in [6.07, 6.45) is 0. The van der Waals surface area contributed by atoms with Gasteiger partial charge in [0, 0.05) is 0 Å². The highest BCUT2D eigenvalue weighted by molar-refractivity contribution is 5.63. The van der Waals surface area contributed by atoms with Crippen LogP contribution in [0.4, 0.5) is 0 Å². The largest absolute Gasteiger partial charge is 0.340 e. The normalized spacial score (nSPS) is 11.9. The molecule has 0 amide bonds. The van der Waals surface area contributed by atoms with Gasteiger partial charge in [0.25, 0.3) is 0 Å². The first-order valence-corrected chi connectivity index (χ1v) is 26.7. The van der Waals surface area contributed by atoms with Gasteiger partial charge in [0.15, 0.2) is 0 Å². The topological polar surface area (TPSA) is 9.23 Å². The zero-order valence-electron chi connectivity index (χ0n) is 42.9. The molecule has 1 nitrogen and oxygen atoms in total. The minimum Gasteiger partial charge on any atom is -0.340 e. The Bertz CT molecular complexity index is 3220. The summed E-state index contributed by atoms with van der Waals surface area (Å²) in [5.41, 5.74) is 11.7. The molecule has 0 N–H and O–H groups in total. The Kier molecular flexibility index (Phi) is 13.5. The second-order valence-corrected chi connectivity index (χ2v) is 19.8. The van der Waals surface area contributed by atoms with Gasteiger partial charge in [-0.1, -0.05) is 352 Å². The summed E-state index contributed by atoms with van der Waals surface area (Å²) in [5, 5.41) is 0. The van der Waals surface area contributed by atoms with E-state index in [1.807, 2.05) is 0 Å². The van der Waals surface area contributed by atoms with Gasteiger partial charge < -0.3 is 4.74 Å². The molecular formula is C76H58O. The maximum atomic E-state index is 8.70. The molecule has 0 aliphatic heterocycles. The van der Waals surface area contributed by atoms with Crippen molar-refractivity contribution in [3.05, 3.63) is 430 Å². The van der Waals surface area contributed by atoms with E-state index in [1.54, 1.807) is 0 Å². The van der Waals surface area contributed by atoms with Gasteiger partial charge >= 0.3 is 0 Å². The lowest BCUT2D eigenvalue weighted by Crippen LogP contribution is -2.44. The van der Waals surface area contributed by atoms with E-state index in [1.165, 1.54) is 33.4 Å². The molecule has 12 aromatic carbocycles. The van der Waals surface area contributed by atoms with Crippen molar-refractivity contribution in [2.45, 2.75) is 22.0 Å². The summed E-state index contributed by atoms with van der Waals surface area (Å²) < 4.78 is 8.70. The fourth-order valence-corrected chi connectivity index (χ4v) is 12.3. The van der Waals surface area contributed by atoms with E-state index in [-0.39, 0.29) is 0 Å². The van der Waals surface area contributed by atoms with Gasteiger partial charge in [-0.3, -0.25) is 0 Å². The molecule has 12 rings (SSSR count). The Labute approximate surface area is 454 Å². The first-order chi connectivity index (χ1) is 38.2. The van der Waals surface area contributed by atoms with Crippen molar-refractivity contribution in [3.8, 4) is 0 Å². The van der Waals surface area contributed by atoms with Crippen LogP contribution in [0.2, 0.25) is 0 Å². The molecule has 0 fully saturated rings. The van der Waals surface area contributed by atoms with Gasteiger partial charge in [0.05, 0.1) is 10.8 Å². The predicted molar refractivity (Wildman–Crippen MR) is 316 cm³/mol. The fraction of sp³-hybridized carbons (Fsp3) is 0.0526. The SMILES string of the molecule is c1ccc(C(OC(c2ccccc2)(c2ccccc2)c2ccc(C(c3ccccc3)(c3ccccc3)c3ccccc3)cc2)(c2ccccc2)c2ccc(C(c3ccccc3)(c3ccccc3)c3ccccc3)cc2)cc1. The zero-order valence-corrected chi connectivity index (χ0v) is 42.9. The molecule has 0 aliphatic carbocycles. The van der Waals surface area contributed by atoms with Gasteiger partial charge in [-0.2, -0.15) is 0 Å². The van der Waals surface area contributed by atoms with E-state index < -0.39 is 22.0 Å². The van der Waals surface area contributed by atoms with E-state index >= 15 is 0 Å². The van der Waals surface area contributed by atoms with Crippen molar-refractivity contribution in [2.75, 3.05) is 0 Å². The smallest absolute Gasteiger partial charge is 0.145 e. The molecule has 12 aromatic rings. The average Bonchev–Trinajstić information content (AvgIpc) is 3.54. The molecule has 0 aromatic heterocycles. The lowest BCUT2D eigenvalue weighted by atomic mass is 9.64. The van der Waals surface area contributed by atoms with Crippen LogP contribution in [0.5, 0.6) is 0 Å². The van der Waals surface area contributed by atoms with Gasteiger partial charge in [-0.15, -0.1) is 0 Å². The molecule has 0 aliphatic rings. The standard InChI is InChI=1S/C76H58O/c1-11-31-59(32-12-1)73(60-33-13-2-14-34-60,61-35-15-3-16-36-61)65-51-55-71(56-52-65)75(67-43-23-7-24-44-67,68-45-25-8-26-46-68)77-76(69-47-27-9-28-48-69,70-49-29-10-30-50-70)72-57-53-66(54-58-72)74(62-37-17-4-18-38-62,63-39-19-5-20-40-63)64-41-21-6-22-42-64/h1-58H. The Morgan fingerprint density at radius 3 is 0.416 bits per heavy atom. The summed E-state index contributed by atoms with van der Waals surface area (Å²) in [5.74, 6) is 0. The molecule has 0 radical (unpaired) electrons. The van der Waals surface area contributed by atoms with E-state index in [0.717, 1.165) is 44.5 Å². The molecule has 0 atom stereocenters. The van der Waals surface area contributed by atoms with Crippen molar-refractivity contribution >= 4 is 0 Å². The Balaban J connectivity index is 1.13. The minimum atomic E-state index is -1.19. The van der Waals surface area contributed by atoms with Crippen molar-refractivity contribution in [1.82, 2.24) is 0 Å². The predicted octanol–water partition coefficient (Wildman–Crippen LogP) is 17.8. The Morgan fingerprint density at radius 2 is 0.247 bits per heavy atom. The lowest BCUT2D eigenvalue weighted by Gasteiger charge is -2.47. The van der Waals surface area contributed by atoms with Crippen LogP contribution in [0, 0.1) is 0 Å². The van der Waals surface area contributed by atoms with Gasteiger partial charge in [0.1, 0.15) is 11.2 Å². The third-order valence-electron chi connectivity index (χ3n) is 15.7. The molecule has 0 saturated heterocycles. The Hall–Kier alpha value is -9.40. The van der Waals surface area contributed by atoms with Gasteiger partial charge in [-0.05, 0) is 77.9 Å². The summed E-state index contributed by atoms with van der Waals surface area (Å²) in [6.45, 7) is 0. The second kappa shape index (κ2) is 21.4. The van der Waals surface area contributed by atoms with E-state index in [9.17, 15) is 0 Å². The van der Waals surface area contributed by atoms with Crippen molar-refractivity contribution in [3.63, 3.8) is 0 Å². The number of ether oxygens (including phenoxy) is 1. The van der Waals surface area contributed by atoms with Crippen molar-refractivity contribution in [1.29, 1.82) is 0 Å². The monoisotopic (exact) mass is 986 g/mol. The molecule has 1 heteroatoms. The number of hydrogen-bond donors (Lipinski definition) is 0. The molecule has 0 saturated carbocycles. The molecule has 0 unspecified atom stereocenters. The third-order valence-corrected chi connectivity index (χ3v) is 15.7. The zero-order chi connectivity index (χ0) is 51.8. The highest BCUT2D eigenvalue weighted by Crippen LogP contribution is 2.54. The molecule has 368 valence electrons. The molecule has 0 bridgehead atoms. The van der Waals surface area contributed by atoms with Crippen LogP contribution in [0.3, 0.4) is 0 Å². The average molecular weight is 987 g/mol. The molecule has 0 spiro atoms. The fourth-order valence-electron chi connectivity index (χ4n) is 12.3. The maximum Gasteiger partial charge on any atom is 0.145 e. The van der Waals surface area contributed by atoms with Gasteiger partial charge in [-0.25, -0.2) is 0 Å². The summed E-state index contributed by atoms with van der Waals surface area (Å²) in [6, 6.07) is 127. The highest BCUT2D eigenvalue weighted by atomic mass is 16.5. The van der Waals surface area contributed by atoms with Crippen LogP contribution in [0.15, 0.2) is 352 Å². The highest BCUT2D eigenvalue weighted by Gasteiger charge is 2.50. The third kappa shape index (κ3) is 8.52. The maximum absolute atomic E-state index is 8.70. The molecule has 0 heterocycles. The van der Waals surface area contributed by atoms with E-state index in [2.05, 4.69) is 352 Å². The van der Waals surface area contributed by atoms with Crippen LogP contribution in [0.25, 0.3) is 0 Å². The summed E-state index contributed by atoms with van der Waals surface area (Å²) >= 11 is 0. The number of benzene rings is 12. The minimum absolute atomic E-state index is 0.640. The summed E-state index contributed by atoms with van der Waals surface area (Å²) in [7, 11) is 0. The van der Waals surface area contributed by atoms with Crippen LogP contribution in [-0.2, 0) is 26.8 Å². The number of rotatable bonds is 16. The van der Waals surface area contributed by atoms with E-state index in [0.29, 0.717) is 0 Å². The van der Waals surface area contributed by atoms with Crippen LogP contribution in [-0.4, -0.2) is 0 Å². The first-order valence-electron chi connectivity index (χ1n) is 26.7. The lowest BCUT2D eigenvalue weighted by molar-refractivity contribution is -0.0810. The van der Waals surface area contributed by atoms with E-state index in [4.69, 9.17) is 4.74 Å². The van der Waals surface area contributed by atoms with Crippen LogP contribution in [0.1, 0.15) is 77.9 Å². The summed E-state index contributed by atoms with van der Waals surface area (Å²) in [4.78, 5) is 0. The van der Waals surface area contributed by atoms with Crippen molar-refractivity contribution < 1.29 is 4.74 Å². The molecule has 77 heavy (non-hydrogen) atoms. The van der Waals surface area contributed by atoms with Gasteiger partial charge in [0.2, 0.25) is 0 Å².